The van der Waals surface area contributed by atoms with E-state index in [0.717, 1.165) is 10.6 Å². The topological polar surface area (TPSA) is 47.0 Å². The molecule has 0 radical (unpaired) electrons. The summed E-state index contributed by atoms with van der Waals surface area (Å²) in [5, 5.41) is 7.84. The number of rotatable bonds is 4. The maximum absolute atomic E-state index is 13.2. The van der Waals surface area contributed by atoms with Gasteiger partial charge in [0.2, 0.25) is 0 Å². The van der Waals surface area contributed by atoms with Crippen molar-refractivity contribution in [3.8, 4) is 5.75 Å². The van der Waals surface area contributed by atoms with Crippen LogP contribution in [0.25, 0.3) is 0 Å². The number of nitrogens with one attached hydrogen (secondary N) is 1. The van der Waals surface area contributed by atoms with Gasteiger partial charge < -0.3 is 10.1 Å². The maximum atomic E-state index is 13.2. The smallest absolute Gasteiger partial charge is 0.165 e. The molecule has 1 N–H and O–H groups in total. The molecule has 0 amide bonds. The van der Waals surface area contributed by atoms with Gasteiger partial charge in [-0.3, -0.25) is 0 Å². The summed E-state index contributed by atoms with van der Waals surface area (Å²) in [6, 6.07) is 4.84. The van der Waals surface area contributed by atoms with Gasteiger partial charge >= 0.3 is 0 Å². The van der Waals surface area contributed by atoms with Crippen LogP contribution >= 0.6 is 11.5 Å². The van der Waals surface area contributed by atoms with E-state index in [2.05, 4.69) is 14.9 Å². The van der Waals surface area contributed by atoms with Gasteiger partial charge in [0, 0.05) is 17.6 Å². The Hall–Kier alpha value is -1.69. The molecule has 0 saturated heterocycles. The van der Waals surface area contributed by atoms with Crippen LogP contribution in [0.2, 0.25) is 0 Å². The first-order valence-electron chi connectivity index (χ1n) is 5.08. The standard InChI is InChI=1S/C11H12FN3OS/c1-7(14-11-6-13-15-17-11)8-3-4-9(12)10(5-8)16-2/h3-7,14H,1-2H3. The normalized spacial score (nSPS) is 12.2. The number of ether oxygens (including phenoxy) is 1. The van der Waals surface area contributed by atoms with Crippen molar-refractivity contribution in [2.75, 3.05) is 12.4 Å². The minimum atomic E-state index is -0.358. The van der Waals surface area contributed by atoms with Gasteiger partial charge in [0.05, 0.1) is 13.3 Å². The van der Waals surface area contributed by atoms with Crippen LogP contribution in [-0.2, 0) is 0 Å². The third-order valence-corrected chi connectivity index (χ3v) is 2.99. The zero-order valence-electron chi connectivity index (χ0n) is 9.48. The first kappa shape index (κ1) is 11.8. The van der Waals surface area contributed by atoms with Crippen molar-refractivity contribution in [3.63, 3.8) is 0 Å². The van der Waals surface area contributed by atoms with E-state index in [1.165, 1.54) is 24.7 Å². The van der Waals surface area contributed by atoms with Crippen molar-refractivity contribution in [1.82, 2.24) is 9.59 Å². The minimum absolute atomic E-state index is 0.0340. The molecule has 0 saturated carbocycles. The van der Waals surface area contributed by atoms with E-state index in [4.69, 9.17) is 4.74 Å². The Kier molecular flexibility index (Phi) is 3.53. The highest BCUT2D eigenvalue weighted by Crippen LogP contribution is 2.25. The molecule has 1 unspecified atom stereocenters. The van der Waals surface area contributed by atoms with Gasteiger partial charge in [-0.15, -0.1) is 5.10 Å². The fraction of sp³-hybridized carbons (Fsp3) is 0.273. The van der Waals surface area contributed by atoms with Crippen LogP contribution < -0.4 is 10.1 Å². The molecule has 0 aliphatic carbocycles. The van der Waals surface area contributed by atoms with Crippen molar-refractivity contribution < 1.29 is 9.13 Å². The Morgan fingerprint density at radius 1 is 1.47 bits per heavy atom. The predicted octanol–water partition coefficient (Wildman–Crippen LogP) is 2.86. The van der Waals surface area contributed by atoms with Crippen LogP contribution in [0.3, 0.4) is 0 Å². The summed E-state index contributed by atoms with van der Waals surface area (Å²) in [5.74, 6) is -0.110. The molecule has 0 aliphatic heterocycles. The number of benzene rings is 1. The fourth-order valence-electron chi connectivity index (χ4n) is 1.47. The summed E-state index contributed by atoms with van der Waals surface area (Å²) in [7, 11) is 1.45. The molecular formula is C11H12FN3OS. The SMILES string of the molecule is COc1cc(C(C)Nc2cnns2)ccc1F. The number of halogens is 1. The molecule has 0 spiro atoms. The zero-order chi connectivity index (χ0) is 12.3. The highest BCUT2D eigenvalue weighted by molar-refractivity contribution is 7.09. The lowest BCUT2D eigenvalue weighted by Crippen LogP contribution is -2.06. The second-order valence-corrected chi connectivity index (χ2v) is 4.33. The summed E-state index contributed by atoms with van der Waals surface area (Å²) in [6.07, 6.45) is 1.65. The van der Waals surface area contributed by atoms with Crippen molar-refractivity contribution in [2.45, 2.75) is 13.0 Å². The Morgan fingerprint density at radius 3 is 2.94 bits per heavy atom. The quantitative estimate of drug-likeness (QED) is 0.910. The van der Waals surface area contributed by atoms with E-state index in [1.54, 1.807) is 18.3 Å². The van der Waals surface area contributed by atoms with Crippen LogP contribution in [-0.4, -0.2) is 16.7 Å². The Morgan fingerprint density at radius 2 is 2.29 bits per heavy atom. The first-order chi connectivity index (χ1) is 8.20. The maximum Gasteiger partial charge on any atom is 0.165 e. The van der Waals surface area contributed by atoms with E-state index in [0.29, 0.717) is 0 Å². The molecule has 0 bridgehead atoms. The van der Waals surface area contributed by atoms with Crippen molar-refractivity contribution in [3.05, 3.63) is 35.8 Å². The number of nitrogens with zero attached hydrogens (tertiary/aromatic N) is 2. The van der Waals surface area contributed by atoms with Crippen LogP contribution in [0.4, 0.5) is 9.39 Å². The zero-order valence-corrected chi connectivity index (χ0v) is 10.3. The molecule has 4 nitrogen and oxygen atoms in total. The highest BCUT2D eigenvalue weighted by atomic mass is 32.1. The van der Waals surface area contributed by atoms with Gasteiger partial charge in [0.1, 0.15) is 5.00 Å². The average molecular weight is 253 g/mol. The van der Waals surface area contributed by atoms with Gasteiger partial charge in [-0.2, -0.15) is 0 Å². The van der Waals surface area contributed by atoms with Gasteiger partial charge in [-0.05, 0) is 24.6 Å². The lowest BCUT2D eigenvalue weighted by Gasteiger charge is -2.14. The van der Waals surface area contributed by atoms with E-state index < -0.39 is 0 Å². The highest BCUT2D eigenvalue weighted by Gasteiger charge is 2.10. The minimum Gasteiger partial charge on any atom is -0.494 e. The molecule has 1 atom stereocenters. The van der Waals surface area contributed by atoms with Crippen molar-refractivity contribution in [2.24, 2.45) is 0 Å². The third-order valence-electron chi connectivity index (χ3n) is 2.40. The fourth-order valence-corrected chi connectivity index (χ4v) is 1.98. The molecule has 17 heavy (non-hydrogen) atoms. The third kappa shape index (κ3) is 2.71. The van der Waals surface area contributed by atoms with Crippen LogP contribution in [0.15, 0.2) is 24.4 Å². The largest absolute Gasteiger partial charge is 0.494 e. The van der Waals surface area contributed by atoms with E-state index in [-0.39, 0.29) is 17.6 Å². The number of hydrogen-bond donors (Lipinski definition) is 1. The molecule has 0 aliphatic rings. The molecule has 1 heterocycles. The van der Waals surface area contributed by atoms with E-state index >= 15 is 0 Å². The molecule has 6 heteroatoms. The lowest BCUT2D eigenvalue weighted by atomic mass is 10.1. The molecule has 90 valence electrons. The summed E-state index contributed by atoms with van der Waals surface area (Å²) in [5.41, 5.74) is 0.941. The molecule has 2 rings (SSSR count). The predicted molar refractivity (Wildman–Crippen MR) is 64.9 cm³/mol. The second-order valence-electron chi connectivity index (χ2n) is 3.54. The van der Waals surface area contributed by atoms with Crippen molar-refractivity contribution >= 4 is 16.5 Å². The van der Waals surface area contributed by atoms with Crippen LogP contribution in [0.5, 0.6) is 5.75 Å². The van der Waals surface area contributed by atoms with Gasteiger partial charge in [-0.1, -0.05) is 10.6 Å². The average Bonchev–Trinajstić information content (AvgIpc) is 2.82. The van der Waals surface area contributed by atoms with Gasteiger partial charge in [0.25, 0.3) is 0 Å². The first-order valence-corrected chi connectivity index (χ1v) is 5.85. The van der Waals surface area contributed by atoms with E-state index in [9.17, 15) is 4.39 Å². The second kappa shape index (κ2) is 5.09. The van der Waals surface area contributed by atoms with Crippen molar-refractivity contribution in [1.29, 1.82) is 0 Å². The Labute approximate surface area is 103 Å². The number of hydrogen-bond acceptors (Lipinski definition) is 5. The number of aromatic nitrogens is 2. The molecule has 1 aromatic heterocycles. The van der Waals surface area contributed by atoms with Crippen LogP contribution in [0.1, 0.15) is 18.5 Å². The van der Waals surface area contributed by atoms with E-state index in [1.807, 2.05) is 6.92 Å². The molecule has 1 aromatic carbocycles. The molecular weight excluding hydrogens is 241 g/mol. The van der Waals surface area contributed by atoms with Gasteiger partial charge in [-0.25, -0.2) is 4.39 Å². The summed E-state index contributed by atoms with van der Waals surface area (Å²) in [4.78, 5) is 0. The monoisotopic (exact) mass is 253 g/mol. The lowest BCUT2D eigenvalue weighted by molar-refractivity contribution is 0.385. The Balaban J connectivity index is 2.16. The number of methoxy groups -OCH3 is 1. The Bertz CT molecular complexity index is 489. The summed E-state index contributed by atoms with van der Waals surface area (Å²) >= 11 is 1.28. The summed E-state index contributed by atoms with van der Waals surface area (Å²) in [6.45, 7) is 1.98. The molecule has 0 fully saturated rings. The molecule has 2 aromatic rings. The van der Waals surface area contributed by atoms with Crippen LogP contribution in [0, 0.1) is 5.82 Å². The number of anilines is 1. The summed E-state index contributed by atoms with van der Waals surface area (Å²) < 4.78 is 22.0. The van der Waals surface area contributed by atoms with Gasteiger partial charge in [0.15, 0.2) is 11.6 Å².